The van der Waals surface area contributed by atoms with Gasteiger partial charge in [0.15, 0.2) is 0 Å². The van der Waals surface area contributed by atoms with Crippen LogP contribution < -0.4 is 9.47 Å². The predicted octanol–water partition coefficient (Wildman–Crippen LogP) is 7.23. The van der Waals surface area contributed by atoms with E-state index in [4.69, 9.17) is 9.47 Å². The molecule has 0 saturated carbocycles. The monoisotopic (exact) mass is 410 g/mol. The van der Waals surface area contributed by atoms with Crippen LogP contribution in [0.5, 0.6) is 11.5 Å². The molecule has 148 valence electrons. The highest BCUT2D eigenvalue weighted by atomic mass is 32.2. The van der Waals surface area contributed by atoms with Crippen molar-refractivity contribution in [2.24, 2.45) is 0 Å². The molecule has 0 aromatic heterocycles. The maximum absolute atomic E-state index is 6.53. The van der Waals surface area contributed by atoms with E-state index in [0.29, 0.717) is 6.61 Å². The molecule has 4 aromatic carbocycles. The van der Waals surface area contributed by atoms with Crippen molar-refractivity contribution in [3.63, 3.8) is 0 Å². The maximum Gasteiger partial charge on any atom is 0.140 e. The summed E-state index contributed by atoms with van der Waals surface area (Å²) in [5.74, 6) is 1.77. The predicted molar refractivity (Wildman–Crippen MR) is 122 cm³/mol. The van der Waals surface area contributed by atoms with Gasteiger partial charge in [-0.05, 0) is 34.9 Å². The Labute approximate surface area is 181 Å². The average molecular weight is 411 g/mol. The van der Waals surface area contributed by atoms with E-state index in [1.54, 1.807) is 0 Å². The smallest absolute Gasteiger partial charge is 0.140 e. The lowest BCUT2D eigenvalue weighted by molar-refractivity contribution is 0.190. The Hall–Kier alpha value is -3.17. The topological polar surface area (TPSA) is 18.5 Å². The first kappa shape index (κ1) is 18.8. The second kappa shape index (κ2) is 8.68. The highest BCUT2D eigenvalue weighted by Crippen LogP contribution is 2.53. The first-order valence-electron chi connectivity index (χ1n) is 10.1. The molecule has 0 saturated heterocycles. The fourth-order valence-electron chi connectivity index (χ4n) is 3.68. The lowest BCUT2D eigenvalue weighted by Gasteiger charge is -2.34. The third-order valence-electron chi connectivity index (χ3n) is 5.20. The molecule has 2 nitrogen and oxygen atoms in total. The van der Waals surface area contributed by atoms with Gasteiger partial charge in [0.05, 0.1) is 10.1 Å². The Bertz CT molecular complexity index is 1100. The van der Waals surface area contributed by atoms with Crippen LogP contribution in [0.3, 0.4) is 0 Å². The number of fused-ring (bicyclic) bond motifs is 1. The Kier molecular flexibility index (Phi) is 5.45. The lowest BCUT2D eigenvalue weighted by Crippen LogP contribution is -2.19. The van der Waals surface area contributed by atoms with Crippen molar-refractivity contribution in [3.05, 3.63) is 126 Å². The maximum atomic E-state index is 6.53. The molecule has 0 fully saturated rings. The van der Waals surface area contributed by atoms with Gasteiger partial charge < -0.3 is 9.47 Å². The largest absolute Gasteiger partial charge is 0.489 e. The Morgan fingerprint density at radius 3 is 2.03 bits per heavy atom. The fourth-order valence-corrected chi connectivity index (χ4v) is 5.00. The minimum Gasteiger partial charge on any atom is -0.489 e. The van der Waals surface area contributed by atoms with Gasteiger partial charge in [-0.15, -0.1) is 11.8 Å². The van der Waals surface area contributed by atoms with Crippen molar-refractivity contribution in [3.8, 4) is 11.5 Å². The third kappa shape index (κ3) is 4.07. The number of hydrogen-bond donors (Lipinski definition) is 0. The molecule has 0 amide bonds. The van der Waals surface area contributed by atoms with Crippen molar-refractivity contribution in [2.45, 2.75) is 22.9 Å². The zero-order valence-electron chi connectivity index (χ0n) is 16.5. The molecule has 1 aliphatic heterocycles. The molecule has 0 spiro atoms. The van der Waals surface area contributed by atoms with Gasteiger partial charge in [-0.2, -0.15) is 0 Å². The fraction of sp³-hybridized carbons (Fsp3) is 0.111. The molecule has 2 atom stereocenters. The summed E-state index contributed by atoms with van der Waals surface area (Å²) in [5.41, 5.74) is 3.61. The van der Waals surface area contributed by atoms with Crippen LogP contribution in [0, 0.1) is 0 Å². The molecule has 5 rings (SSSR count). The molecule has 0 aliphatic carbocycles. The van der Waals surface area contributed by atoms with E-state index in [0.717, 1.165) is 22.0 Å². The van der Waals surface area contributed by atoms with Gasteiger partial charge in [-0.1, -0.05) is 91.0 Å². The molecule has 1 aliphatic rings. The average Bonchev–Trinajstić information content (AvgIpc) is 2.83. The first-order chi connectivity index (χ1) is 14.9. The van der Waals surface area contributed by atoms with Gasteiger partial charge in [-0.25, -0.2) is 0 Å². The van der Waals surface area contributed by atoms with Crippen molar-refractivity contribution in [2.75, 3.05) is 0 Å². The minimum atomic E-state index is -0.0396. The van der Waals surface area contributed by atoms with E-state index in [1.165, 1.54) is 11.1 Å². The quantitative estimate of drug-likeness (QED) is 0.346. The SMILES string of the molecule is c1ccc(COc2ccc3c(c2)S[C@H](c2ccccc2)[C@H](c2ccccc2)O3)cc1. The van der Waals surface area contributed by atoms with Gasteiger partial charge in [-0.3, -0.25) is 0 Å². The molecule has 0 bridgehead atoms. The number of rotatable bonds is 5. The molecule has 0 unspecified atom stereocenters. The van der Waals surface area contributed by atoms with Crippen molar-refractivity contribution in [1.29, 1.82) is 0 Å². The van der Waals surface area contributed by atoms with Crippen LogP contribution in [0.15, 0.2) is 114 Å². The number of thioether (sulfide) groups is 1. The van der Waals surface area contributed by atoms with Gasteiger partial charge in [0.2, 0.25) is 0 Å². The second-order valence-electron chi connectivity index (χ2n) is 7.28. The standard InChI is InChI=1S/C27H22O2S/c1-4-10-20(11-5-1)19-28-23-16-17-24-25(18-23)30-27(22-14-8-3-9-15-22)26(29-24)21-12-6-2-7-13-21/h1-18,26-27H,19H2/t26-,27+/m0/s1. The highest BCUT2D eigenvalue weighted by Gasteiger charge is 2.33. The molecule has 0 radical (unpaired) electrons. The summed E-state index contributed by atoms with van der Waals surface area (Å²) in [4.78, 5) is 1.11. The lowest BCUT2D eigenvalue weighted by atomic mass is 10.0. The van der Waals surface area contributed by atoms with Crippen LogP contribution >= 0.6 is 11.8 Å². The Morgan fingerprint density at radius 2 is 1.33 bits per heavy atom. The van der Waals surface area contributed by atoms with E-state index >= 15 is 0 Å². The van der Waals surface area contributed by atoms with E-state index in [2.05, 4.69) is 72.8 Å². The van der Waals surface area contributed by atoms with E-state index in [1.807, 2.05) is 48.2 Å². The molecule has 30 heavy (non-hydrogen) atoms. The summed E-state index contributed by atoms with van der Waals surface area (Å²) in [6.45, 7) is 0.555. The summed E-state index contributed by atoms with van der Waals surface area (Å²) >= 11 is 1.84. The first-order valence-corrected chi connectivity index (χ1v) is 11.0. The molecule has 4 aromatic rings. The van der Waals surface area contributed by atoms with Gasteiger partial charge in [0, 0.05) is 0 Å². The van der Waals surface area contributed by atoms with Crippen molar-refractivity contribution < 1.29 is 9.47 Å². The van der Waals surface area contributed by atoms with Crippen LogP contribution in [0.4, 0.5) is 0 Å². The van der Waals surface area contributed by atoms with Gasteiger partial charge >= 0.3 is 0 Å². The van der Waals surface area contributed by atoms with Crippen molar-refractivity contribution >= 4 is 11.8 Å². The van der Waals surface area contributed by atoms with Crippen LogP contribution in [-0.4, -0.2) is 0 Å². The van der Waals surface area contributed by atoms with Crippen LogP contribution in [0.2, 0.25) is 0 Å². The second-order valence-corrected chi connectivity index (χ2v) is 8.46. The van der Waals surface area contributed by atoms with E-state index in [-0.39, 0.29) is 11.4 Å². The number of ether oxygens (including phenoxy) is 2. The Morgan fingerprint density at radius 1 is 0.700 bits per heavy atom. The number of benzene rings is 4. The third-order valence-corrected chi connectivity index (χ3v) is 6.55. The van der Waals surface area contributed by atoms with Gasteiger partial charge in [0.25, 0.3) is 0 Å². The van der Waals surface area contributed by atoms with Crippen LogP contribution in [0.25, 0.3) is 0 Å². The summed E-state index contributed by atoms with van der Waals surface area (Å²) in [6, 6.07) is 37.4. The van der Waals surface area contributed by atoms with E-state index < -0.39 is 0 Å². The molecule has 3 heteroatoms. The van der Waals surface area contributed by atoms with E-state index in [9.17, 15) is 0 Å². The molecule has 1 heterocycles. The molecule has 0 N–H and O–H groups in total. The summed E-state index contributed by atoms with van der Waals surface area (Å²) in [6.07, 6.45) is -0.0396. The normalized spacial score (nSPS) is 17.6. The molecular formula is C27H22O2S. The molecular weight excluding hydrogens is 388 g/mol. The highest BCUT2D eigenvalue weighted by molar-refractivity contribution is 7.99. The van der Waals surface area contributed by atoms with Crippen molar-refractivity contribution in [1.82, 2.24) is 0 Å². The van der Waals surface area contributed by atoms with Crippen LogP contribution in [-0.2, 0) is 6.61 Å². The summed E-state index contributed by atoms with van der Waals surface area (Å²) in [7, 11) is 0. The Balaban J connectivity index is 1.43. The summed E-state index contributed by atoms with van der Waals surface area (Å²) in [5, 5.41) is 0.172. The summed E-state index contributed by atoms with van der Waals surface area (Å²) < 4.78 is 12.6. The zero-order chi connectivity index (χ0) is 20.2. The van der Waals surface area contributed by atoms with Crippen LogP contribution in [0.1, 0.15) is 28.0 Å². The number of hydrogen-bond acceptors (Lipinski definition) is 3. The zero-order valence-corrected chi connectivity index (χ0v) is 17.3. The minimum absolute atomic E-state index is 0.0396. The van der Waals surface area contributed by atoms with Gasteiger partial charge in [0.1, 0.15) is 24.2 Å².